The van der Waals surface area contributed by atoms with Gasteiger partial charge in [-0.3, -0.25) is 10.2 Å². The monoisotopic (exact) mass is 252 g/mol. The Morgan fingerprint density at radius 1 is 1.41 bits per heavy atom. The highest BCUT2D eigenvalue weighted by molar-refractivity contribution is 7.99. The summed E-state index contributed by atoms with van der Waals surface area (Å²) in [5.74, 6) is 5.73. The highest BCUT2D eigenvalue weighted by atomic mass is 32.2. The molecule has 0 bridgehead atoms. The van der Waals surface area contributed by atoms with Gasteiger partial charge in [0, 0.05) is 10.6 Å². The number of rotatable bonds is 4. The summed E-state index contributed by atoms with van der Waals surface area (Å²) >= 11 is 1.75. The van der Waals surface area contributed by atoms with Gasteiger partial charge in [-0.15, -0.1) is 11.8 Å². The molecule has 1 saturated heterocycles. The molecule has 2 unspecified atom stereocenters. The van der Waals surface area contributed by atoms with Crippen LogP contribution in [0.4, 0.5) is 0 Å². The van der Waals surface area contributed by atoms with Crippen LogP contribution in [0.15, 0.2) is 35.2 Å². The first-order valence-electron chi connectivity index (χ1n) is 5.63. The molecule has 5 heteroatoms. The first kappa shape index (κ1) is 12.4. The predicted octanol–water partition coefficient (Wildman–Crippen LogP) is 1.32. The Hall–Kier alpha value is -1.04. The van der Waals surface area contributed by atoms with E-state index in [1.165, 1.54) is 4.90 Å². The van der Waals surface area contributed by atoms with E-state index in [-0.39, 0.29) is 18.1 Å². The minimum Gasteiger partial charge on any atom is -0.364 e. The quantitative estimate of drug-likeness (QED) is 0.367. The lowest BCUT2D eigenvalue weighted by molar-refractivity contribution is -0.131. The second-order valence-corrected chi connectivity index (χ2v) is 5.05. The minimum atomic E-state index is -0.374. The molecule has 1 heterocycles. The van der Waals surface area contributed by atoms with E-state index in [1.54, 1.807) is 11.8 Å². The highest BCUT2D eigenvalue weighted by Gasteiger charge is 2.30. The lowest BCUT2D eigenvalue weighted by atomic mass is 10.2. The van der Waals surface area contributed by atoms with Crippen LogP contribution in [0.25, 0.3) is 0 Å². The lowest BCUT2D eigenvalue weighted by Crippen LogP contribution is -2.39. The number of thioether (sulfide) groups is 1. The number of nitrogens with two attached hydrogens (primary N) is 1. The van der Waals surface area contributed by atoms with E-state index in [0.29, 0.717) is 0 Å². The Balaban J connectivity index is 1.77. The van der Waals surface area contributed by atoms with Gasteiger partial charge in [0.05, 0.1) is 6.10 Å². The third-order valence-corrected chi connectivity index (χ3v) is 3.87. The molecule has 1 amide bonds. The lowest BCUT2D eigenvalue weighted by Gasteiger charge is -2.12. The number of hydrogen-bond acceptors (Lipinski definition) is 4. The molecule has 92 valence electrons. The molecule has 4 nitrogen and oxygen atoms in total. The number of hydrazine groups is 1. The van der Waals surface area contributed by atoms with Crippen LogP contribution in [0.5, 0.6) is 0 Å². The van der Waals surface area contributed by atoms with Gasteiger partial charge in [-0.1, -0.05) is 18.2 Å². The second-order valence-electron chi connectivity index (χ2n) is 3.96. The van der Waals surface area contributed by atoms with Gasteiger partial charge in [0.25, 0.3) is 5.91 Å². The molecule has 1 fully saturated rings. The normalized spacial score (nSPS) is 23.6. The number of hydrogen-bond donors (Lipinski definition) is 2. The number of nitrogens with one attached hydrogen (secondary N) is 1. The molecule has 0 aliphatic carbocycles. The van der Waals surface area contributed by atoms with Gasteiger partial charge < -0.3 is 4.74 Å². The van der Waals surface area contributed by atoms with Crippen LogP contribution in [0.1, 0.15) is 12.8 Å². The van der Waals surface area contributed by atoms with E-state index in [2.05, 4.69) is 17.6 Å². The molecule has 2 atom stereocenters. The average Bonchev–Trinajstić information content (AvgIpc) is 2.85. The van der Waals surface area contributed by atoms with Crippen molar-refractivity contribution in [2.75, 3.05) is 5.75 Å². The fourth-order valence-electron chi connectivity index (χ4n) is 1.82. The first-order chi connectivity index (χ1) is 8.29. The largest absolute Gasteiger partial charge is 0.364 e. The van der Waals surface area contributed by atoms with E-state index in [1.807, 2.05) is 18.2 Å². The van der Waals surface area contributed by atoms with Crippen LogP contribution in [0.3, 0.4) is 0 Å². The van der Waals surface area contributed by atoms with Crippen LogP contribution in [-0.2, 0) is 9.53 Å². The topological polar surface area (TPSA) is 64.3 Å². The maximum atomic E-state index is 11.3. The molecule has 1 aromatic carbocycles. The Labute approximate surface area is 105 Å². The predicted molar refractivity (Wildman–Crippen MR) is 67.4 cm³/mol. The van der Waals surface area contributed by atoms with Gasteiger partial charge in [0.2, 0.25) is 0 Å². The van der Waals surface area contributed by atoms with Crippen molar-refractivity contribution >= 4 is 17.7 Å². The summed E-state index contributed by atoms with van der Waals surface area (Å²) in [5, 5.41) is 0. The summed E-state index contributed by atoms with van der Waals surface area (Å²) in [4.78, 5) is 12.5. The molecule has 0 aromatic heterocycles. The van der Waals surface area contributed by atoms with Gasteiger partial charge in [-0.05, 0) is 25.0 Å². The molecule has 1 aromatic rings. The molecule has 2 rings (SSSR count). The third kappa shape index (κ3) is 3.46. The van der Waals surface area contributed by atoms with Crippen LogP contribution in [-0.4, -0.2) is 23.9 Å². The van der Waals surface area contributed by atoms with Crippen molar-refractivity contribution in [2.24, 2.45) is 5.84 Å². The fraction of sp³-hybridized carbons (Fsp3) is 0.417. The summed E-state index contributed by atoms with van der Waals surface area (Å²) in [6.45, 7) is 0. The van der Waals surface area contributed by atoms with Crippen LogP contribution in [0.2, 0.25) is 0 Å². The Kier molecular flexibility index (Phi) is 4.42. The van der Waals surface area contributed by atoms with E-state index in [9.17, 15) is 4.79 Å². The van der Waals surface area contributed by atoms with Crippen LogP contribution in [0, 0.1) is 0 Å². The van der Waals surface area contributed by atoms with Gasteiger partial charge >= 0.3 is 0 Å². The standard InChI is InChI=1S/C12H16N2O2S/c13-14-12(15)11-7-6-9(16-11)8-17-10-4-2-1-3-5-10/h1-5,9,11H,6-8,13H2,(H,14,15). The first-order valence-corrected chi connectivity index (χ1v) is 6.62. The van der Waals surface area contributed by atoms with Crippen molar-refractivity contribution in [3.05, 3.63) is 30.3 Å². The fourth-order valence-corrected chi connectivity index (χ4v) is 2.79. The van der Waals surface area contributed by atoms with Gasteiger partial charge in [0.1, 0.15) is 6.10 Å². The molecule has 0 spiro atoms. The number of carbonyl (C=O) groups excluding carboxylic acids is 1. The number of carbonyl (C=O) groups is 1. The third-order valence-electron chi connectivity index (χ3n) is 2.72. The summed E-state index contributed by atoms with van der Waals surface area (Å²) < 4.78 is 5.62. The Morgan fingerprint density at radius 3 is 2.88 bits per heavy atom. The van der Waals surface area contributed by atoms with Crippen molar-refractivity contribution in [2.45, 2.75) is 29.9 Å². The summed E-state index contributed by atoms with van der Waals surface area (Å²) in [6.07, 6.45) is 1.44. The smallest absolute Gasteiger partial charge is 0.263 e. The maximum absolute atomic E-state index is 11.3. The van der Waals surface area contributed by atoms with E-state index < -0.39 is 0 Å². The van der Waals surface area contributed by atoms with Crippen molar-refractivity contribution in [3.8, 4) is 0 Å². The number of ether oxygens (including phenoxy) is 1. The molecule has 3 N–H and O–H groups in total. The summed E-state index contributed by atoms with van der Waals surface area (Å²) in [5.41, 5.74) is 2.13. The SMILES string of the molecule is NNC(=O)C1CCC(CSc2ccccc2)O1. The van der Waals surface area contributed by atoms with E-state index >= 15 is 0 Å². The average molecular weight is 252 g/mol. The van der Waals surface area contributed by atoms with Gasteiger partial charge in [0.15, 0.2) is 0 Å². The summed E-state index contributed by atoms with van der Waals surface area (Å²) in [6, 6.07) is 10.2. The Morgan fingerprint density at radius 2 is 2.18 bits per heavy atom. The van der Waals surface area contributed by atoms with Gasteiger partial charge in [-0.25, -0.2) is 5.84 Å². The van der Waals surface area contributed by atoms with Gasteiger partial charge in [-0.2, -0.15) is 0 Å². The zero-order chi connectivity index (χ0) is 12.1. The number of amides is 1. The maximum Gasteiger partial charge on any atom is 0.263 e. The van der Waals surface area contributed by atoms with Crippen LogP contribution < -0.4 is 11.3 Å². The van der Waals surface area contributed by atoms with E-state index in [0.717, 1.165) is 18.6 Å². The zero-order valence-corrected chi connectivity index (χ0v) is 10.3. The minimum absolute atomic E-state index is 0.141. The van der Waals surface area contributed by atoms with Crippen molar-refractivity contribution < 1.29 is 9.53 Å². The van der Waals surface area contributed by atoms with E-state index in [4.69, 9.17) is 10.6 Å². The zero-order valence-electron chi connectivity index (χ0n) is 9.46. The molecule has 0 radical (unpaired) electrons. The molecule has 0 saturated carbocycles. The second kappa shape index (κ2) is 6.05. The molecule has 1 aliphatic heterocycles. The molecular weight excluding hydrogens is 236 g/mol. The Bertz CT molecular complexity index is 372. The number of benzene rings is 1. The molecular formula is C12H16N2O2S. The highest BCUT2D eigenvalue weighted by Crippen LogP contribution is 2.26. The van der Waals surface area contributed by atoms with Crippen molar-refractivity contribution in [1.82, 2.24) is 5.43 Å². The van der Waals surface area contributed by atoms with Crippen LogP contribution >= 0.6 is 11.8 Å². The summed E-state index contributed by atoms with van der Waals surface area (Å²) in [7, 11) is 0. The molecule has 1 aliphatic rings. The molecule has 17 heavy (non-hydrogen) atoms. The van der Waals surface area contributed by atoms with Crippen molar-refractivity contribution in [3.63, 3.8) is 0 Å². The van der Waals surface area contributed by atoms with Crippen molar-refractivity contribution in [1.29, 1.82) is 0 Å².